The highest BCUT2D eigenvalue weighted by atomic mass is 16.2. The van der Waals surface area contributed by atoms with Crippen molar-refractivity contribution >= 4 is 22.6 Å². The van der Waals surface area contributed by atoms with Crippen molar-refractivity contribution in [3.05, 3.63) is 102 Å². The normalized spacial score (nSPS) is 15.2. The van der Waals surface area contributed by atoms with Gasteiger partial charge >= 0.3 is 0 Å². The van der Waals surface area contributed by atoms with Gasteiger partial charge in [-0.2, -0.15) is 0 Å². The average molecular weight is 595 g/mol. The van der Waals surface area contributed by atoms with E-state index < -0.39 is 6.04 Å². The zero-order chi connectivity index (χ0) is 30.7. The van der Waals surface area contributed by atoms with Gasteiger partial charge in [0.1, 0.15) is 11.9 Å². The van der Waals surface area contributed by atoms with Crippen LogP contribution in [0.3, 0.4) is 0 Å². The number of aromatic nitrogens is 2. The summed E-state index contributed by atoms with van der Waals surface area (Å²) in [5, 5.41) is 11.9. The Balaban J connectivity index is 1.22. The first kappa shape index (κ1) is 31.4. The van der Waals surface area contributed by atoms with Gasteiger partial charge in [0.15, 0.2) is 0 Å². The molecule has 8 nitrogen and oxygen atoms in total. The summed E-state index contributed by atoms with van der Waals surface area (Å²) in [4.78, 5) is 36.8. The van der Waals surface area contributed by atoms with E-state index in [2.05, 4.69) is 62.1 Å². The number of benzene rings is 3. The number of rotatable bonds is 14. The fraction of sp³-hybridized carbons (Fsp3) is 0.417. The highest BCUT2D eigenvalue weighted by Crippen LogP contribution is 2.25. The monoisotopic (exact) mass is 594 g/mol. The Labute approximate surface area is 261 Å². The number of nitrogens with one attached hydrogen (secondary N) is 4. The van der Waals surface area contributed by atoms with Gasteiger partial charge in [-0.3, -0.25) is 9.59 Å². The largest absolute Gasteiger partial charge is 0.348 e. The quantitative estimate of drug-likeness (QED) is 0.146. The van der Waals surface area contributed by atoms with Crippen molar-refractivity contribution < 1.29 is 9.59 Å². The number of nitrogens with zero attached hydrogens (tertiary/aromatic N) is 2. The third-order valence-corrected chi connectivity index (χ3v) is 8.86. The number of imidazole rings is 1. The molecule has 2 amide bonds. The molecule has 44 heavy (non-hydrogen) atoms. The van der Waals surface area contributed by atoms with E-state index in [-0.39, 0.29) is 17.9 Å². The lowest BCUT2D eigenvalue weighted by Gasteiger charge is -2.31. The molecule has 0 aliphatic heterocycles. The zero-order valence-electron chi connectivity index (χ0n) is 26.0. The van der Waals surface area contributed by atoms with Crippen molar-refractivity contribution in [1.82, 2.24) is 30.8 Å². The predicted octanol–water partition coefficient (Wildman–Crippen LogP) is 5.87. The molecule has 0 saturated heterocycles. The van der Waals surface area contributed by atoms with Crippen LogP contribution in [-0.2, 0) is 17.9 Å². The predicted molar refractivity (Wildman–Crippen MR) is 176 cm³/mol. The Morgan fingerprint density at radius 3 is 2.50 bits per heavy atom. The Kier molecular flexibility index (Phi) is 11.2. The van der Waals surface area contributed by atoms with Gasteiger partial charge in [0, 0.05) is 30.5 Å². The minimum Gasteiger partial charge on any atom is -0.348 e. The van der Waals surface area contributed by atoms with E-state index in [1.54, 1.807) is 12.4 Å². The van der Waals surface area contributed by atoms with Crippen LogP contribution >= 0.6 is 0 Å². The molecular formula is C36H46N6O2. The summed E-state index contributed by atoms with van der Waals surface area (Å²) < 4.78 is 0. The molecule has 1 heterocycles. The molecule has 8 heteroatoms. The molecule has 4 N–H and O–H groups in total. The maximum atomic E-state index is 13.7. The molecule has 1 saturated carbocycles. The van der Waals surface area contributed by atoms with E-state index in [9.17, 15) is 9.59 Å². The van der Waals surface area contributed by atoms with E-state index in [4.69, 9.17) is 0 Å². The molecule has 1 unspecified atom stereocenters. The molecule has 0 radical (unpaired) electrons. The summed E-state index contributed by atoms with van der Waals surface area (Å²) in [5.74, 6) is 0.488. The van der Waals surface area contributed by atoms with Crippen LogP contribution in [0.4, 0.5) is 0 Å². The minimum atomic E-state index is -0.630. The van der Waals surface area contributed by atoms with Crippen LogP contribution in [0.25, 0.3) is 10.8 Å². The standard InChI is InChI=1S/C36H46N6O2/c1-26(31-15-8-11-28-10-6-7-14-32(28)31)40-36(44)33(16-9-23-42(2)30-12-4-3-5-13-30)41-35(43)29-19-17-27(18-20-29)24-37-25-34-38-21-22-39-34/h6-8,10-11,14-15,17-22,26,30,33,37H,3-5,9,12-13,16,23-25H2,1-2H3,(H,38,39)(H,40,44)(H,41,43)/t26?,33-/m0/s1. The molecule has 232 valence electrons. The Hall–Kier alpha value is -4.01. The maximum absolute atomic E-state index is 13.7. The summed E-state index contributed by atoms with van der Waals surface area (Å²) in [6.45, 7) is 4.21. The van der Waals surface area contributed by atoms with Crippen LogP contribution in [0, 0.1) is 0 Å². The molecule has 1 aliphatic rings. The lowest BCUT2D eigenvalue weighted by molar-refractivity contribution is -0.123. The topological polar surface area (TPSA) is 102 Å². The number of carbonyl (C=O) groups is 2. The highest BCUT2D eigenvalue weighted by molar-refractivity contribution is 5.97. The summed E-state index contributed by atoms with van der Waals surface area (Å²) in [6.07, 6.45) is 11.3. The van der Waals surface area contributed by atoms with Crippen LogP contribution in [0.5, 0.6) is 0 Å². The Bertz CT molecular complexity index is 1480. The summed E-state index contributed by atoms with van der Waals surface area (Å²) in [6, 6.07) is 21.7. The number of amides is 2. The van der Waals surface area contributed by atoms with Crippen molar-refractivity contribution in [2.45, 2.75) is 83.1 Å². The SMILES string of the molecule is CC(NC(=O)[C@H](CCCN(C)C1CCCCC1)NC(=O)c1ccc(CNCc2ncc[nH]2)cc1)c1cccc2ccccc12. The van der Waals surface area contributed by atoms with E-state index in [1.165, 1.54) is 32.1 Å². The molecule has 2 atom stereocenters. The van der Waals surface area contributed by atoms with Gasteiger partial charge in [-0.05, 0) is 80.2 Å². The highest BCUT2D eigenvalue weighted by Gasteiger charge is 2.25. The van der Waals surface area contributed by atoms with E-state index in [1.807, 2.05) is 49.4 Å². The number of hydrogen-bond donors (Lipinski definition) is 4. The average Bonchev–Trinajstić information content (AvgIpc) is 3.58. The molecule has 3 aromatic carbocycles. The van der Waals surface area contributed by atoms with Gasteiger partial charge < -0.3 is 25.8 Å². The summed E-state index contributed by atoms with van der Waals surface area (Å²) >= 11 is 0. The summed E-state index contributed by atoms with van der Waals surface area (Å²) in [7, 11) is 2.19. The first-order valence-corrected chi connectivity index (χ1v) is 16.0. The molecular weight excluding hydrogens is 548 g/mol. The van der Waals surface area contributed by atoms with E-state index in [0.29, 0.717) is 31.1 Å². The third-order valence-electron chi connectivity index (χ3n) is 8.86. The third kappa shape index (κ3) is 8.55. The lowest BCUT2D eigenvalue weighted by Crippen LogP contribution is -2.47. The van der Waals surface area contributed by atoms with Gasteiger partial charge in [0.05, 0.1) is 12.6 Å². The number of hydrogen-bond acceptors (Lipinski definition) is 5. The first-order chi connectivity index (χ1) is 21.5. The molecule has 1 aliphatic carbocycles. The van der Waals surface area contributed by atoms with Crippen molar-refractivity contribution in [3.63, 3.8) is 0 Å². The van der Waals surface area contributed by atoms with Gasteiger partial charge in [0.25, 0.3) is 5.91 Å². The molecule has 0 bridgehead atoms. The number of fused-ring (bicyclic) bond motifs is 1. The van der Waals surface area contributed by atoms with Crippen LogP contribution in [-0.4, -0.2) is 52.4 Å². The number of aromatic amines is 1. The first-order valence-electron chi connectivity index (χ1n) is 16.0. The molecule has 4 aromatic rings. The van der Waals surface area contributed by atoms with Crippen molar-refractivity contribution in [1.29, 1.82) is 0 Å². The minimum absolute atomic E-state index is 0.155. The second-order valence-electron chi connectivity index (χ2n) is 12.1. The van der Waals surface area contributed by atoms with Crippen molar-refractivity contribution in [2.24, 2.45) is 0 Å². The number of H-pyrrole nitrogens is 1. The second kappa shape index (κ2) is 15.6. The van der Waals surface area contributed by atoms with Crippen LogP contribution in [0.2, 0.25) is 0 Å². The Morgan fingerprint density at radius 1 is 0.955 bits per heavy atom. The van der Waals surface area contributed by atoms with Crippen LogP contribution in [0.15, 0.2) is 79.1 Å². The maximum Gasteiger partial charge on any atom is 0.251 e. The van der Waals surface area contributed by atoms with Gasteiger partial charge in [-0.1, -0.05) is 73.9 Å². The molecule has 1 aromatic heterocycles. The van der Waals surface area contributed by atoms with Gasteiger partial charge in [-0.25, -0.2) is 4.98 Å². The van der Waals surface area contributed by atoms with Crippen LogP contribution in [0.1, 0.15) is 85.2 Å². The Morgan fingerprint density at radius 2 is 1.73 bits per heavy atom. The smallest absolute Gasteiger partial charge is 0.251 e. The van der Waals surface area contributed by atoms with Crippen LogP contribution < -0.4 is 16.0 Å². The van der Waals surface area contributed by atoms with E-state index in [0.717, 1.165) is 40.7 Å². The van der Waals surface area contributed by atoms with Gasteiger partial charge in [-0.15, -0.1) is 0 Å². The fourth-order valence-corrected chi connectivity index (χ4v) is 6.27. The summed E-state index contributed by atoms with van der Waals surface area (Å²) in [5.41, 5.74) is 2.67. The fourth-order valence-electron chi connectivity index (χ4n) is 6.27. The van der Waals surface area contributed by atoms with Gasteiger partial charge in [0.2, 0.25) is 5.91 Å². The van der Waals surface area contributed by atoms with Crippen molar-refractivity contribution in [2.75, 3.05) is 13.6 Å². The molecule has 1 fully saturated rings. The number of carbonyl (C=O) groups excluding carboxylic acids is 2. The second-order valence-corrected chi connectivity index (χ2v) is 12.1. The van der Waals surface area contributed by atoms with E-state index >= 15 is 0 Å². The molecule has 0 spiro atoms. The molecule has 5 rings (SSSR count). The van der Waals surface area contributed by atoms with Crippen molar-refractivity contribution in [3.8, 4) is 0 Å². The lowest BCUT2D eigenvalue weighted by atomic mass is 9.94. The zero-order valence-corrected chi connectivity index (χ0v) is 26.0.